The van der Waals surface area contributed by atoms with Crippen molar-refractivity contribution in [2.75, 3.05) is 32.7 Å². The van der Waals surface area contributed by atoms with Crippen LogP contribution in [0.15, 0.2) is 42.5 Å². The number of hydrogen-bond donors (Lipinski definition) is 0. The lowest BCUT2D eigenvalue weighted by atomic mass is 9.87. The fourth-order valence-corrected chi connectivity index (χ4v) is 4.73. The highest BCUT2D eigenvalue weighted by Gasteiger charge is 2.43. The van der Waals surface area contributed by atoms with Gasteiger partial charge in [0.2, 0.25) is 0 Å². The van der Waals surface area contributed by atoms with Crippen molar-refractivity contribution in [1.82, 2.24) is 9.80 Å². The van der Waals surface area contributed by atoms with Crippen molar-refractivity contribution in [1.29, 1.82) is 0 Å². The topological polar surface area (TPSA) is 42.0 Å². The number of likely N-dealkylation sites (N-methyl/N-ethyl adjacent to an activating group) is 1. The molecule has 2 aromatic carbocycles. The Morgan fingerprint density at radius 2 is 1.85 bits per heavy atom. The predicted molar refractivity (Wildman–Crippen MR) is 122 cm³/mol. The van der Waals surface area contributed by atoms with Crippen LogP contribution >= 0.6 is 0 Å². The molecule has 2 saturated heterocycles. The van der Waals surface area contributed by atoms with Crippen LogP contribution in [0.3, 0.4) is 0 Å². The number of carbonyl (C=O) groups is 1. The Kier molecular flexibility index (Phi) is 7.00. The van der Waals surface area contributed by atoms with E-state index in [1.165, 1.54) is 24.3 Å². The van der Waals surface area contributed by atoms with E-state index in [-0.39, 0.29) is 35.3 Å². The second-order valence-corrected chi connectivity index (χ2v) is 9.27. The number of halogens is 2. The molecule has 2 heterocycles. The number of benzene rings is 2. The summed E-state index contributed by atoms with van der Waals surface area (Å²) in [5, 5.41) is 0. The molecule has 1 unspecified atom stereocenters. The maximum Gasteiger partial charge on any atom is 0.253 e. The van der Waals surface area contributed by atoms with Gasteiger partial charge in [0.15, 0.2) is 11.6 Å². The van der Waals surface area contributed by atoms with Crippen LogP contribution in [0.5, 0.6) is 5.75 Å². The first-order chi connectivity index (χ1) is 15.8. The molecule has 178 valence electrons. The summed E-state index contributed by atoms with van der Waals surface area (Å²) in [7, 11) is 0. The van der Waals surface area contributed by atoms with Crippen molar-refractivity contribution in [3.8, 4) is 5.75 Å². The van der Waals surface area contributed by atoms with Gasteiger partial charge in [0.25, 0.3) is 5.91 Å². The Hall–Kier alpha value is -2.51. The molecule has 2 aromatic rings. The molecule has 0 bridgehead atoms. The summed E-state index contributed by atoms with van der Waals surface area (Å²) in [5.41, 5.74) is 0.930. The standard InChI is InChI=1S/C26H32F2N2O3/c1-4-29-16-24(19-5-8-21(27)9-6-19)33-26(17-29)11-13-30(14-12-26)25(31)20-7-10-23(22(28)15-20)32-18(2)3/h5-10,15,18,24H,4,11-14,16-17H2,1-3H3. The summed E-state index contributed by atoms with van der Waals surface area (Å²) >= 11 is 0. The van der Waals surface area contributed by atoms with Crippen molar-refractivity contribution in [3.63, 3.8) is 0 Å². The number of nitrogens with zero attached hydrogens (tertiary/aromatic N) is 2. The van der Waals surface area contributed by atoms with Gasteiger partial charge in [0.05, 0.1) is 17.8 Å². The van der Waals surface area contributed by atoms with Crippen LogP contribution in [-0.2, 0) is 4.74 Å². The van der Waals surface area contributed by atoms with Crippen LogP contribution in [0.2, 0.25) is 0 Å². The molecule has 5 nitrogen and oxygen atoms in total. The van der Waals surface area contributed by atoms with Crippen LogP contribution in [0.1, 0.15) is 55.6 Å². The van der Waals surface area contributed by atoms with Gasteiger partial charge in [-0.05, 0) is 69.1 Å². The third kappa shape index (κ3) is 5.36. The van der Waals surface area contributed by atoms with E-state index in [9.17, 15) is 13.6 Å². The molecule has 0 aliphatic carbocycles. The zero-order chi connectivity index (χ0) is 23.6. The van der Waals surface area contributed by atoms with Gasteiger partial charge in [0.1, 0.15) is 5.82 Å². The minimum absolute atomic E-state index is 0.135. The maximum absolute atomic E-state index is 14.4. The summed E-state index contributed by atoms with van der Waals surface area (Å²) in [5.74, 6) is -0.817. The zero-order valence-corrected chi connectivity index (χ0v) is 19.5. The molecule has 1 amide bonds. The number of carbonyl (C=O) groups excluding carboxylic acids is 1. The monoisotopic (exact) mass is 458 g/mol. The highest BCUT2D eigenvalue weighted by Crippen LogP contribution is 2.38. The van der Waals surface area contributed by atoms with E-state index < -0.39 is 5.82 Å². The molecule has 1 spiro atoms. The molecule has 2 aliphatic heterocycles. The van der Waals surface area contributed by atoms with E-state index >= 15 is 0 Å². The predicted octanol–water partition coefficient (Wildman–Crippen LogP) is 4.82. The Labute approximate surface area is 194 Å². The van der Waals surface area contributed by atoms with Gasteiger partial charge >= 0.3 is 0 Å². The molecular weight excluding hydrogens is 426 g/mol. The SMILES string of the molecule is CCN1CC(c2ccc(F)cc2)OC2(CCN(C(=O)c3ccc(OC(C)C)c(F)c3)CC2)C1. The highest BCUT2D eigenvalue weighted by atomic mass is 19.1. The molecule has 0 aromatic heterocycles. The van der Waals surface area contributed by atoms with Gasteiger partial charge in [-0.3, -0.25) is 9.69 Å². The van der Waals surface area contributed by atoms with Crippen molar-refractivity contribution in [2.45, 2.75) is 51.4 Å². The first-order valence-electron chi connectivity index (χ1n) is 11.7. The van der Waals surface area contributed by atoms with Gasteiger partial charge < -0.3 is 14.4 Å². The molecule has 0 N–H and O–H groups in total. The Morgan fingerprint density at radius 3 is 2.45 bits per heavy atom. The van der Waals surface area contributed by atoms with E-state index in [1.54, 1.807) is 23.1 Å². The van der Waals surface area contributed by atoms with Crippen molar-refractivity contribution >= 4 is 5.91 Å². The summed E-state index contributed by atoms with van der Waals surface area (Å²) in [4.78, 5) is 17.2. The first kappa shape index (κ1) is 23.6. The fourth-order valence-electron chi connectivity index (χ4n) is 4.73. The third-order valence-electron chi connectivity index (χ3n) is 6.52. The van der Waals surface area contributed by atoms with Crippen LogP contribution in [0.4, 0.5) is 8.78 Å². The van der Waals surface area contributed by atoms with Crippen LogP contribution in [0.25, 0.3) is 0 Å². The number of ether oxygens (including phenoxy) is 2. The van der Waals surface area contributed by atoms with E-state index in [0.717, 1.165) is 25.2 Å². The quantitative estimate of drug-likeness (QED) is 0.644. The lowest BCUT2D eigenvalue weighted by Crippen LogP contribution is -2.58. The minimum Gasteiger partial charge on any atom is -0.488 e. The number of hydrogen-bond acceptors (Lipinski definition) is 4. The molecule has 0 saturated carbocycles. The molecule has 0 radical (unpaired) electrons. The summed E-state index contributed by atoms with van der Waals surface area (Å²) < 4.78 is 39.8. The number of piperidine rings is 1. The Morgan fingerprint density at radius 1 is 1.15 bits per heavy atom. The normalized spacial score (nSPS) is 20.9. The van der Waals surface area contributed by atoms with E-state index in [4.69, 9.17) is 9.47 Å². The number of rotatable bonds is 5. The highest BCUT2D eigenvalue weighted by molar-refractivity contribution is 5.94. The molecule has 7 heteroatoms. The van der Waals surface area contributed by atoms with Crippen LogP contribution in [0, 0.1) is 11.6 Å². The van der Waals surface area contributed by atoms with Gasteiger partial charge in [-0.15, -0.1) is 0 Å². The van der Waals surface area contributed by atoms with Gasteiger partial charge in [0, 0.05) is 31.7 Å². The molecule has 33 heavy (non-hydrogen) atoms. The minimum atomic E-state index is -0.528. The second kappa shape index (κ2) is 9.77. The number of amides is 1. The van der Waals surface area contributed by atoms with E-state index in [2.05, 4.69) is 11.8 Å². The lowest BCUT2D eigenvalue weighted by Gasteiger charge is -2.50. The third-order valence-corrected chi connectivity index (χ3v) is 6.52. The van der Waals surface area contributed by atoms with Crippen molar-refractivity contribution in [3.05, 3.63) is 65.2 Å². The average Bonchev–Trinajstić information content (AvgIpc) is 2.80. The molecular formula is C26H32F2N2O3. The average molecular weight is 459 g/mol. The molecule has 2 fully saturated rings. The smallest absolute Gasteiger partial charge is 0.253 e. The van der Waals surface area contributed by atoms with Crippen molar-refractivity contribution in [2.24, 2.45) is 0 Å². The van der Waals surface area contributed by atoms with Gasteiger partial charge in [-0.2, -0.15) is 0 Å². The largest absolute Gasteiger partial charge is 0.488 e. The van der Waals surface area contributed by atoms with E-state index in [0.29, 0.717) is 31.5 Å². The Balaban J connectivity index is 1.43. The fraction of sp³-hybridized carbons (Fsp3) is 0.500. The van der Waals surface area contributed by atoms with Crippen LogP contribution < -0.4 is 4.74 Å². The summed E-state index contributed by atoms with van der Waals surface area (Å²) in [6, 6.07) is 10.9. The first-order valence-corrected chi connectivity index (χ1v) is 11.7. The van der Waals surface area contributed by atoms with E-state index in [1.807, 2.05) is 13.8 Å². The molecule has 2 aliphatic rings. The van der Waals surface area contributed by atoms with Crippen LogP contribution in [-0.4, -0.2) is 60.1 Å². The number of likely N-dealkylation sites (tertiary alicyclic amines) is 1. The second-order valence-electron chi connectivity index (χ2n) is 9.27. The maximum atomic E-state index is 14.4. The Bertz CT molecular complexity index is 972. The molecule has 4 rings (SSSR count). The zero-order valence-electron chi connectivity index (χ0n) is 19.5. The van der Waals surface area contributed by atoms with Gasteiger partial charge in [-0.1, -0.05) is 19.1 Å². The summed E-state index contributed by atoms with van der Waals surface area (Å²) in [6.07, 6.45) is 1.12. The van der Waals surface area contributed by atoms with Gasteiger partial charge in [-0.25, -0.2) is 8.78 Å². The number of morpholine rings is 1. The molecule has 1 atom stereocenters. The summed E-state index contributed by atoms with van der Waals surface area (Å²) in [6.45, 7) is 9.33. The van der Waals surface area contributed by atoms with Crippen molar-refractivity contribution < 1.29 is 23.0 Å². The lowest BCUT2D eigenvalue weighted by molar-refractivity contribution is -0.175.